The summed E-state index contributed by atoms with van der Waals surface area (Å²) < 4.78 is 41.5. The fourth-order valence-corrected chi connectivity index (χ4v) is 7.23. The van der Waals surface area contributed by atoms with Gasteiger partial charge >= 0.3 is 5.97 Å². The minimum Gasteiger partial charge on any atom is -0.462 e. The van der Waals surface area contributed by atoms with Gasteiger partial charge in [-0.3, -0.25) is 4.79 Å². The van der Waals surface area contributed by atoms with Gasteiger partial charge in [-0.2, -0.15) is 13.1 Å². The lowest BCUT2D eigenvalue weighted by atomic mass is 10.1. The third-order valence-electron chi connectivity index (χ3n) is 5.44. The van der Waals surface area contributed by atoms with Gasteiger partial charge in [0.1, 0.15) is 27.0 Å². The molecule has 170 valence electrons. The molecule has 0 unspecified atom stereocenters. The maximum Gasteiger partial charge on any atom is 0.341 e. The average Bonchev–Trinajstić information content (AvgIpc) is 3.47. The fourth-order valence-electron chi connectivity index (χ4n) is 3.76. The molecule has 0 saturated carbocycles. The predicted octanol–water partition coefficient (Wildman–Crippen LogP) is 3.34. The second-order valence-corrected chi connectivity index (χ2v) is 11.0. The Morgan fingerprint density at radius 3 is 2.81 bits per heavy atom. The monoisotopic (exact) mass is 494 g/mol. The summed E-state index contributed by atoms with van der Waals surface area (Å²) >= 11 is 2.21. The number of hydrogen-bond donors (Lipinski definition) is 1. The summed E-state index contributed by atoms with van der Waals surface area (Å²) in [5, 5.41) is 3.16. The van der Waals surface area contributed by atoms with Crippen LogP contribution in [0.15, 0.2) is 23.1 Å². The first-order valence-corrected chi connectivity index (χ1v) is 13.1. The number of hydrogen-bond acceptors (Lipinski definition) is 9. The number of sulfonamides is 1. The van der Waals surface area contributed by atoms with Crippen LogP contribution in [0.5, 0.6) is 0 Å². The number of fused-ring (bicyclic) bond motifs is 1. The molecule has 9 nitrogen and oxygen atoms in total. The van der Waals surface area contributed by atoms with E-state index in [1.165, 1.54) is 21.7 Å². The number of ether oxygens (including phenoxy) is 1. The maximum atomic E-state index is 13.4. The number of carbonyl (C=O) groups is 2. The molecule has 1 amide bonds. The molecule has 0 spiro atoms. The largest absolute Gasteiger partial charge is 0.462 e. The predicted molar refractivity (Wildman–Crippen MR) is 123 cm³/mol. The van der Waals surface area contributed by atoms with E-state index in [0.29, 0.717) is 34.4 Å². The Labute approximate surface area is 193 Å². The molecular weight excluding hydrogens is 472 g/mol. The van der Waals surface area contributed by atoms with E-state index in [-0.39, 0.29) is 18.0 Å². The van der Waals surface area contributed by atoms with Gasteiger partial charge in [0.05, 0.1) is 23.9 Å². The van der Waals surface area contributed by atoms with Gasteiger partial charge in [-0.05, 0) is 51.3 Å². The molecule has 3 heterocycles. The molecule has 1 N–H and O–H groups in total. The summed E-state index contributed by atoms with van der Waals surface area (Å²) in [5.41, 5.74) is 1.85. The molecular formula is C20H22N4O5S3. The van der Waals surface area contributed by atoms with Crippen molar-refractivity contribution in [1.82, 2.24) is 13.1 Å². The Kier molecular flexibility index (Phi) is 6.30. The van der Waals surface area contributed by atoms with Crippen LogP contribution in [0.3, 0.4) is 0 Å². The maximum absolute atomic E-state index is 13.4. The van der Waals surface area contributed by atoms with Gasteiger partial charge in [0.25, 0.3) is 0 Å². The zero-order valence-corrected chi connectivity index (χ0v) is 20.2. The summed E-state index contributed by atoms with van der Waals surface area (Å²) in [4.78, 5) is 26.5. The van der Waals surface area contributed by atoms with Gasteiger partial charge in [-0.15, -0.1) is 11.3 Å². The first kappa shape index (κ1) is 22.8. The number of nitrogens with zero attached hydrogens (tertiary/aromatic N) is 3. The number of carbonyl (C=O) groups excluding carboxylic acids is 2. The first-order chi connectivity index (χ1) is 15.3. The SMILES string of the molecule is CCOC(=O)c1c(NC(=O)[C@H]2CCCN2S(=O)(=O)c2cccc3nsnc23)sc(C)c1C. The van der Waals surface area contributed by atoms with Gasteiger partial charge < -0.3 is 10.1 Å². The molecule has 2 aromatic heterocycles. The van der Waals surface area contributed by atoms with E-state index in [1.807, 2.05) is 6.92 Å². The molecule has 0 aliphatic carbocycles. The molecule has 1 atom stereocenters. The van der Waals surface area contributed by atoms with Gasteiger partial charge in [0.2, 0.25) is 15.9 Å². The Bertz CT molecular complexity index is 1300. The molecule has 1 saturated heterocycles. The molecule has 1 fully saturated rings. The highest BCUT2D eigenvalue weighted by atomic mass is 32.2. The van der Waals surface area contributed by atoms with Crippen LogP contribution in [0.25, 0.3) is 11.0 Å². The van der Waals surface area contributed by atoms with Crippen molar-refractivity contribution in [2.24, 2.45) is 0 Å². The standard InChI is InChI=1S/C20H22N4O5S3/c1-4-29-20(26)16-11(2)12(3)30-19(16)21-18(25)14-8-6-10-24(14)32(27,28)15-9-5-7-13-17(15)23-31-22-13/h5,7,9,14H,4,6,8,10H2,1-3H3,(H,21,25)/t14-/m1/s1. The Hall–Kier alpha value is -2.41. The quantitative estimate of drug-likeness (QED) is 0.522. The van der Waals surface area contributed by atoms with Gasteiger partial charge in [0, 0.05) is 11.4 Å². The van der Waals surface area contributed by atoms with E-state index in [9.17, 15) is 18.0 Å². The lowest BCUT2D eigenvalue weighted by Gasteiger charge is -2.23. The van der Waals surface area contributed by atoms with Crippen molar-refractivity contribution in [2.75, 3.05) is 18.5 Å². The van der Waals surface area contributed by atoms with Crippen molar-refractivity contribution in [3.8, 4) is 0 Å². The highest BCUT2D eigenvalue weighted by molar-refractivity contribution is 7.89. The number of aryl methyl sites for hydroxylation is 1. The van der Waals surface area contributed by atoms with Gasteiger partial charge in [-0.25, -0.2) is 13.2 Å². The Morgan fingerprint density at radius 1 is 1.28 bits per heavy atom. The third kappa shape index (κ3) is 3.91. The number of thiophene rings is 1. The van der Waals surface area contributed by atoms with E-state index < -0.39 is 27.9 Å². The summed E-state index contributed by atoms with van der Waals surface area (Å²) in [6.45, 7) is 5.80. The lowest BCUT2D eigenvalue weighted by molar-refractivity contribution is -0.119. The van der Waals surface area contributed by atoms with Crippen molar-refractivity contribution in [3.05, 3.63) is 34.2 Å². The van der Waals surface area contributed by atoms with Crippen molar-refractivity contribution >= 4 is 61.0 Å². The van der Waals surface area contributed by atoms with E-state index in [2.05, 4.69) is 14.1 Å². The summed E-state index contributed by atoms with van der Waals surface area (Å²) in [6.07, 6.45) is 0.935. The van der Waals surface area contributed by atoms with Crippen LogP contribution in [0.1, 0.15) is 40.6 Å². The van der Waals surface area contributed by atoms with Crippen LogP contribution in [-0.2, 0) is 19.6 Å². The number of nitrogens with one attached hydrogen (secondary N) is 1. The Morgan fingerprint density at radius 2 is 2.06 bits per heavy atom. The zero-order valence-electron chi connectivity index (χ0n) is 17.7. The van der Waals surface area contributed by atoms with Crippen LogP contribution in [0.2, 0.25) is 0 Å². The number of rotatable bonds is 6. The molecule has 3 aromatic rings. The highest BCUT2D eigenvalue weighted by Crippen LogP contribution is 2.35. The normalized spacial score (nSPS) is 17.0. The molecule has 12 heteroatoms. The van der Waals surface area contributed by atoms with Gasteiger partial charge in [0.15, 0.2) is 0 Å². The lowest BCUT2D eigenvalue weighted by Crippen LogP contribution is -2.43. The summed E-state index contributed by atoms with van der Waals surface area (Å²) in [7, 11) is -3.97. The van der Waals surface area contributed by atoms with Crippen molar-refractivity contribution in [1.29, 1.82) is 0 Å². The number of amides is 1. The topological polar surface area (TPSA) is 119 Å². The second kappa shape index (κ2) is 8.85. The molecule has 32 heavy (non-hydrogen) atoms. The minimum absolute atomic E-state index is 0.0403. The number of aromatic nitrogens is 2. The number of esters is 1. The smallest absolute Gasteiger partial charge is 0.341 e. The van der Waals surface area contributed by atoms with Crippen molar-refractivity contribution in [2.45, 2.75) is 44.6 Å². The summed E-state index contributed by atoms with van der Waals surface area (Å²) in [5.74, 6) is -0.982. The fraction of sp³-hybridized carbons (Fsp3) is 0.400. The van der Waals surface area contributed by atoms with Crippen molar-refractivity contribution < 1.29 is 22.7 Å². The minimum atomic E-state index is -3.97. The Balaban J connectivity index is 1.64. The molecule has 0 radical (unpaired) electrons. The van der Waals surface area contributed by atoms with Crippen LogP contribution in [-0.4, -0.2) is 52.5 Å². The van der Waals surface area contributed by atoms with Crippen LogP contribution in [0.4, 0.5) is 5.00 Å². The molecule has 0 bridgehead atoms. The average molecular weight is 495 g/mol. The first-order valence-electron chi connectivity index (χ1n) is 10.1. The van der Waals surface area contributed by atoms with Gasteiger partial charge in [-0.1, -0.05) is 6.07 Å². The van der Waals surface area contributed by atoms with E-state index in [4.69, 9.17) is 4.74 Å². The molecule has 4 rings (SSSR count). The summed E-state index contributed by atoms with van der Waals surface area (Å²) in [6, 6.07) is 3.91. The zero-order chi connectivity index (χ0) is 23.0. The van der Waals surface area contributed by atoms with Crippen LogP contribution in [0, 0.1) is 13.8 Å². The second-order valence-electron chi connectivity index (χ2n) is 7.36. The van der Waals surface area contributed by atoms with E-state index >= 15 is 0 Å². The molecule has 1 aliphatic rings. The number of benzene rings is 1. The van der Waals surface area contributed by atoms with E-state index in [1.54, 1.807) is 26.0 Å². The number of anilines is 1. The van der Waals surface area contributed by atoms with Crippen molar-refractivity contribution in [3.63, 3.8) is 0 Å². The third-order valence-corrected chi connectivity index (χ3v) is 9.05. The molecule has 1 aliphatic heterocycles. The van der Waals surface area contributed by atoms with Crippen LogP contribution >= 0.6 is 23.1 Å². The van der Waals surface area contributed by atoms with Crippen LogP contribution < -0.4 is 5.32 Å². The highest BCUT2D eigenvalue weighted by Gasteiger charge is 2.41. The van der Waals surface area contributed by atoms with E-state index in [0.717, 1.165) is 22.2 Å². The molecule has 1 aromatic carbocycles.